The van der Waals surface area contributed by atoms with Crippen LogP contribution in [0.2, 0.25) is 0 Å². The Labute approximate surface area is 137 Å². The first-order chi connectivity index (χ1) is 11.1. The fraction of sp³-hybridized carbons (Fsp3) is 0.389. The van der Waals surface area contributed by atoms with E-state index in [0.717, 1.165) is 18.7 Å². The van der Waals surface area contributed by atoms with Crippen LogP contribution in [0.15, 0.2) is 42.6 Å². The first-order valence-corrected chi connectivity index (χ1v) is 8.05. The summed E-state index contributed by atoms with van der Waals surface area (Å²) in [5.41, 5.74) is 1.27. The number of carbonyl (C=O) groups excluding carboxylic acids is 1. The number of nitrogens with one attached hydrogen (secondary N) is 1. The first kappa shape index (κ1) is 16.9. The smallest absolute Gasteiger partial charge is 0.277 e. The number of hydrogen-bond donors (Lipinski definition) is 1. The van der Waals surface area contributed by atoms with Crippen molar-refractivity contribution >= 4 is 17.5 Å². The number of para-hydroxylation sites is 1. The minimum atomic E-state index is -0.118. The number of aromatic nitrogens is 2. The van der Waals surface area contributed by atoms with Crippen LogP contribution in [0.1, 0.15) is 37.7 Å². The summed E-state index contributed by atoms with van der Waals surface area (Å²) < 4.78 is 0. The van der Waals surface area contributed by atoms with Gasteiger partial charge in [0.1, 0.15) is 5.69 Å². The Morgan fingerprint density at radius 2 is 1.96 bits per heavy atom. The van der Waals surface area contributed by atoms with E-state index in [9.17, 15) is 4.79 Å². The monoisotopic (exact) mass is 312 g/mol. The van der Waals surface area contributed by atoms with Gasteiger partial charge in [0.2, 0.25) is 5.95 Å². The second-order valence-electron chi connectivity index (χ2n) is 5.76. The molecule has 1 aromatic heterocycles. The van der Waals surface area contributed by atoms with E-state index in [1.165, 1.54) is 0 Å². The van der Waals surface area contributed by atoms with Crippen molar-refractivity contribution in [3.05, 3.63) is 48.3 Å². The van der Waals surface area contributed by atoms with Crippen LogP contribution in [0.5, 0.6) is 0 Å². The number of nitrogens with zero attached hydrogens (tertiary/aromatic N) is 3. The van der Waals surface area contributed by atoms with Crippen molar-refractivity contribution in [1.82, 2.24) is 9.97 Å². The number of rotatable bonds is 7. The second kappa shape index (κ2) is 8.27. The summed E-state index contributed by atoms with van der Waals surface area (Å²) in [7, 11) is 0. The van der Waals surface area contributed by atoms with Crippen LogP contribution >= 0.6 is 0 Å². The Hall–Kier alpha value is -2.43. The highest BCUT2D eigenvalue weighted by molar-refractivity contribution is 6.04. The molecule has 0 atom stereocenters. The molecular weight excluding hydrogens is 288 g/mol. The molecule has 23 heavy (non-hydrogen) atoms. The molecule has 2 aromatic rings. The Balaban J connectivity index is 2.12. The van der Waals surface area contributed by atoms with E-state index < -0.39 is 0 Å². The normalized spacial score (nSPS) is 10.6. The van der Waals surface area contributed by atoms with Crippen molar-refractivity contribution in [2.75, 3.05) is 23.3 Å². The molecule has 122 valence electrons. The molecule has 0 bridgehead atoms. The lowest BCUT2D eigenvalue weighted by Crippen LogP contribution is -2.31. The molecule has 0 fully saturated rings. The van der Waals surface area contributed by atoms with E-state index in [1.807, 2.05) is 37.3 Å². The lowest BCUT2D eigenvalue weighted by Gasteiger charge is -2.20. The Bertz CT molecular complexity index is 628. The summed E-state index contributed by atoms with van der Waals surface area (Å²) in [4.78, 5) is 23.0. The minimum absolute atomic E-state index is 0.118. The van der Waals surface area contributed by atoms with Crippen LogP contribution in [0.3, 0.4) is 0 Å². The van der Waals surface area contributed by atoms with Crippen LogP contribution in [-0.2, 0) is 0 Å². The second-order valence-corrected chi connectivity index (χ2v) is 5.76. The van der Waals surface area contributed by atoms with Gasteiger partial charge >= 0.3 is 0 Å². The van der Waals surface area contributed by atoms with Crippen LogP contribution in [0, 0.1) is 5.92 Å². The largest absolute Gasteiger partial charge is 0.354 e. The molecule has 0 aliphatic rings. The molecule has 1 N–H and O–H groups in total. The SMILES string of the molecule is CCN(C(=O)c1ccnc(NCCC(C)C)n1)c1ccccc1. The maximum absolute atomic E-state index is 12.7. The van der Waals surface area contributed by atoms with Gasteiger partial charge in [0.05, 0.1) is 0 Å². The molecular formula is C18H24N4O. The highest BCUT2D eigenvalue weighted by Crippen LogP contribution is 2.16. The molecule has 1 aromatic carbocycles. The Kier molecular flexibility index (Phi) is 6.09. The minimum Gasteiger partial charge on any atom is -0.354 e. The highest BCUT2D eigenvalue weighted by atomic mass is 16.2. The van der Waals surface area contributed by atoms with Gasteiger partial charge in [-0.3, -0.25) is 4.79 Å². The molecule has 0 saturated heterocycles. The Morgan fingerprint density at radius 3 is 2.61 bits per heavy atom. The van der Waals surface area contributed by atoms with Crippen molar-refractivity contribution in [2.24, 2.45) is 5.92 Å². The molecule has 5 heteroatoms. The lowest BCUT2D eigenvalue weighted by atomic mass is 10.1. The maximum atomic E-state index is 12.7. The van der Waals surface area contributed by atoms with Gasteiger partial charge < -0.3 is 10.2 Å². The molecule has 1 heterocycles. The van der Waals surface area contributed by atoms with Gasteiger partial charge in [-0.15, -0.1) is 0 Å². The number of anilines is 2. The van der Waals surface area contributed by atoms with Gasteiger partial charge in [0, 0.05) is 25.0 Å². The predicted molar refractivity (Wildman–Crippen MR) is 93.8 cm³/mol. The van der Waals surface area contributed by atoms with E-state index in [1.54, 1.807) is 17.2 Å². The lowest BCUT2D eigenvalue weighted by molar-refractivity contribution is 0.0983. The van der Waals surface area contributed by atoms with Crippen LogP contribution in [0.25, 0.3) is 0 Å². The van der Waals surface area contributed by atoms with Gasteiger partial charge in [-0.2, -0.15) is 0 Å². The fourth-order valence-corrected chi connectivity index (χ4v) is 2.23. The molecule has 0 saturated carbocycles. The van der Waals surface area contributed by atoms with E-state index in [2.05, 4.69) is 29.1 Å². The molecule has 0 aliphatic carbocycles. The van der Waals surface area contributed by atoms with E-state index >= 15 is 0 Å². The standard InChI is InChI=1S/C18H24N4O/c1-4-22(15-8-6-5-7-9-15)17(23)16-11-13-20-18(21-16)19-12-10-14(2)3/h5-9,11,13-14H,4,10,12H2,1-3H3,(H,19,20,21). The molecule has 0 radical (unpaired) electrons. The van der Waals surface area contributed by atoms with E-state index in [0.29, 0.717) is 24.1 Å². The van der Waals surface area contributed by atoms with Crippen molar-refractivity contribution < 1.29 is 4.79 Å². The van der Waals surface area contributed by atoms with Crippen molar-refractivity contribution in [3.8, 4) is 0 Å². The molecule has 0 unspecified atom stereocenters. The summed E-state index contributed by atoms with van der Waals surface area (Å²) in [6, 6.07) is 11.3. The summed E-state index contributed by atoms with van der Waals surface area (Å²) in [6.45, 7) is 7.67. The topological polar surface area (TPSA) is 58.1 Å². The average Bonchev–Trinajstić information content (AvgIpc) is 2.56. The van der Waals surface area contributed by atoms with Gasteiger partial charge in [-0.25, -0.2) is 9.97 Å². The third kappa shape index (κ3) is 4.77. The summed E-state index contributed by atoms with van der Waals surface area (Å²) in [5.74, 6) is 0.995. The first-order valence-electron chi connectivity index (χ1n) is 8.05. The number of amides is 1. The summed E-state index contributed by atoms with van der Waals surface area (Å²) >= 11 is 0. The quantitative estimate of drug-likeness (QED) is 0.848. The van der Waals surface area contributed by atoms with Gasteiger partial charge in [-0.05, 0) is 37.5 Å². The molecule has 2 rings (SSSR count). The van der Waals surface area contributed by atoms with Crippen LogP contribution in [-0.4, -0.2) is 29.0 Å². The fourth-order valence-electron chi connectivity index (χ4n) is 2.23. The van der Waals surface area contributed by atoms with Crippen LogP contribution < -0.4 is 10.2 Å². The molecule has 0 aliphatic heterocycles. The van der Waals surface area contributed by atoms with Crippen molar-refractivity contribution in [2.45, 2.75) is 27.2 Å². The van der Waals surface area contributed by atoms with E-state index in [-0.39, 0.29) is 5.91 Å². The maximum Gasteiger partial charge on any atom is 0.277 e. The molecule has 1 amide bonds. The zero-order chi connectivity index (χ0) is 16.7. The summed E-state index contributed by atoms with van der Waals surface area (Å²) in [6.07, 6.45) is 2.66. The molecule has 0 spiro atoms. The van der Waals surface area contributed by atoms with Crippen molar-refractivity contribution in [3.63, 3.8) is 0 Å². The Morgan fingerprint density at radius 1 is 1.22 bits per heavy atom. The average molecular weight is 312 g/mol. The highest BCUT2D eigenvalue weighted by Gasteiger charge is 2.17. The third-order valence-electron chi connectivity index (χ3n) is 3.51. The zero-order valence-corrected chi connectivity index (χ0v) is 14.0. The van der Waals surface area contributed by atoms with Gasteiger partial charge in [0.15, 0.2) is 0 Å². The molecule has 5 nitrogen and oxygen atoms in total. The van der Waals surface area contributed by atoms with Crippen LogP contribution in [0.4, 0.5) is 11.6 Å². The van der Waals surface area contributed by atoms with Crippen molar-refractivity contribution in [1.29, 1.82) is 0 Å². The zero-order valence-electron chi connectivity index (χ0n) is 14.0. The van der Waals surface area contributed by atoms with E-state index in [4.69, 9.17) is 0 Å². The van der Waals surface area contributed by atoms with Gasteiger partial charge in [-0.1, -0.05) is 32.0 Å². The number of carbonyl (C=O) groups is 1. The third-order valence-corrected chi connectivity index (χ3v) is 3.51. The number of benzene rings is 1. The number of hydrogen-bond acceptors (Lipinski definition) is 4. The summed E-state index contributed by atoms with van der Waals surface area (Å²) in [5, 5.41) is 3.18. The predicted octanol–water partition coefficient (Wildman–Crippen LogP) is 3.60. The van der Waals surface area contributed by atoms with Gasteiger partial charge in [0.25, 0.3) is 5.91 Å².